The summed E-state index contributed by atoms with van der Waals surface area (Å²) in [6.45, 7) is 6.05. The molecule has 2 unspecified atom stereocenters. The largest absolute Gasteiger partial charge is 0.406 e. The number of anilines is 1. The summed E-state index contributed by atoms with van der Waals surface area (Å²) in [7, 11) is 0. The van der Waals surface area contributed by atoms with Crippen molar-refractivity contribution in [3.8, 4) is 0 Å². The van der Waals surface area contributed by atoms with Crippen LogP contribution in [-0.2, 0) is 0 Å². The van der Waals surface area contributed by atoms with Crippen molar-refractivity contribution in [1.82, 2.24) is 10.2 Å². The second-order valence-electron chi connectivity index (χ2n) is 3.88. The lowest BCUT2D eigenvalue weighted by atomic mass is 10.2. The molecule has 1 aromatic rings. The molecule has 78 valence electrons. The van der Waals surface area contributed by atoms with Gasteiger partial charge in [-0.1, -0.05) is 12.0 Å². The van der Waals surface area contributed by atoms with Crippen LogP contribution in [0.4, 0.5) is 6.01 Å². The number of alkyl halides is 1. The molecule has 5 heteroatoms. The Kier molecular flexibility index (Phi) is 2.63. The molecule has 0 N–H and O–H groups in total. The molecule has 0 spiro atoms. The number of halogens is 1. The Labute approximate surface area is 88.2 Å². The fraction of sp³-hybridized carbons (Fsp3) is 0.778. The lowest BCUT2D eigenvalue weighted by Crippen LogP contribution is -2.19. The minimum absolute atomic E-state index is 0.212. The van der Waals surface area contributed by atoms with Gasteiger partial charge >= 0.3 is 6.01 Å². The van der Waals surface area contributed by atoms with E-state index in [1.54, 1.807) is 0 Å². The summed E-state index contributed by atoms with van der Waals surface area (Å²) in [5.41, 5.74) is 0. The molecule has 1 aliphatic rings. The second-order valence-corrected chi connectivity index (χ2v) is 4.53. The highest BCUT2D eigenvalue weighted by Crippen LogP contribution is 2.25. The molecule has 0 amide bonds. The molecule has 1 aromatic heterocycles. The first-order valence-corrected chi connectivity index (χ1v) is 5.33. The summed E-state index contributed by atoms with van der Waals surface area (Å²) in [4.78, 5) is 2.11. The Hall–Kier alpha value is -0.770. The van der Waals surface area contributed by atoms with Crippen molar-refractivity contribution < 1.29 is 4.42 Å². The molecule has 0 saturated carbocycles. The highest BCUT2D eigenvalue weighted by Gasteiger charge is 2.23. The first-order chi connectivity index (χ1) is 6.66. The molecule has 2 heterocycles. The predicted octanol–water partition coefficient (Wildman–Crippen LogP) is 2.22. The standard InChI is InChI=1S/C9H14ClN3O/c1-6-3-4-13(5-6)9-12-11-8(14-9)7(2)10/h6-7H,3-5H2,1-2H3. The predicted molar refractivity (Wildman–Crippen MR) is 54.6 cm³/mol. The number of aromatic nitrogens is 2. The molecule has 4 nitrogen and oxygen atoms in total. The van der Waals surface area contributed by atoms with Crippen LogP contribution >= 0.6 is 11.6 Å². The normalized spacial score (nSPS) is 24.2. The molecule has 2 atom stereocenters. The molecule has 0 radical (unpaired) electrons. The van der Waals surface area contributed by atoms with Gasteiger partial charge < -0.3 is 9.32 Å². The van der Waals surface area contributed by atoms with Crippen LogP contribution in [0.2, 0.25) is 0 Å². The molecule has 0 aromatic carbocycles. The summed E-state index contributed by atoms with van der Waals surface area (Å²) < 4.78 is 5.45. The second kappa shape index (κ2) is 3.77. The number of nitrogens with zero attached hydrogens (tertiary/aromatic N) is 3. The zero-order chi connectivity index (χ0) is 10.1. The van der Waals surface area contributed by atoms with Gasteiger partial charge in [-0.15, -0.1) is 16.7 Å². The topological polar surface area (TPSA) is 42.2 Å². The van der Waals surface area contributed by atoms with Crippen molar-refractivity contribution in [3.63, 3.8) is 0 Å². The van der Waals surface area contributed by atoms with Crippen LogP contribution < -0.4 is 4.90 Å². The smallest absolute Gasteiger partial charge is 0.318 e. The maximum Gasteiger partial charge on any atom is 0.318 e. The van der Waals surface area contributed by atoms with E-state index in [1.807, 2.05) is 6.92 Å². The van der Waals surface area contributed by atoms with Crippen LogP contribution in [-0.4, -0.2) is 23.3 Å². The first kappa shape index (κ1) is 9.77. The maximum absolute atomic E-state index is 5.84. The van der Waals surface area contributed by atoms with E-state index in [0.29, 0.717) is 17.8 Å². The Morgan fingerprint density at radius 2 is 2.36 bits per heavy atom. The lowest BCUT2D eigenvalue weighted by molar-refractivity contribution is 0.489. The average molecular weight is 216 g/mol. The van der Waals surface area contributed by atoms with Crippen molar-refractivity contribution >= 4 is 17.6 Å². The van der Waals surface area contributed by atoms with Crippen LogP contribution in [0.1, 0.15) is 31.5 Å². The van der Waals surface area contributed by atoms with Gasteiger partial charge in [0, 0.05) is 13.1 Å². The van der Waals surface area contributed by atoms with Gasteiger partial charge in [0.1, 0.15) is 5.38 Å². The quantitative estimate of drug-likeness (QED) is 0.710. The van der Waals surface area contributed by atoms with Crippen LogP contribution in [0.5, 0.6) is 0 Å². The molecule has 0 bridgehead atoms. The Morgan fingerprint density at radius 1 is 1.57 bits per heavy atom. The van der Waals surface area contributed by atoms with Gasteiger partial charge in [-0.25, -0.2) is 0 Å². The molecule has 1 saturated heterocycles. The van der Waals surface area contributed by atoms with Gasteiger partial charge in [0.05, 0.1) is 0 Å². The van der Waals surface area contributed by atoms with Crippen LogP contribution in [0, 0.1) is 5.92 Å². The van der Waals surface area contributed by atoms with E-state index in [4.69, 9.17) is 16.0 Å². The minimum Gasteiger partial charge on any atom is -0.406 e. The van der Waals surface area contributed by atoms with Gasteiger partial charge in [0.2, 0.25) is 5.89 Å². The lowest BCUT2D eigenvalue weighted by Gasteiger charge is -2.10. The molecule has 1 aliphatic heterocycles. The fourth-order valence-electron chi connectivity index (χ4n) is 1.62. The molecule has 1 fully saturated rings. The van der Waals surface area contributed by atoms with Crippen molar-refractivity contribution in [2.45, 2.75) is 25.6 Å². The van der Waals surface area contributed by atoms with Crippen molar-refractivity contribution in [3.05, 3.63) is 5.89 Å². The first-order valence-electron chi connectivity index (χ1n) is 4.89. The van der Waals surface area contributed by atoms with Gasteiger partial charge in [0.25, 0.3) is 0 Å². The summed E-state index contributed by atoms with van der Waals surface area (Å²) in [5.74, 6) is 1.21. The average Bonchev–Trinajstić information content (AvgIpc) is 2.70. The van der Waals surface area contributed by atoms with E-state index in [1.165, 1.54) is 6.42 Å². The van der Waals surface area contributed by atoms with E-state index in [0.717, 1.165) is 13.1 Å². The summed E-state index contributed by atoms with van der Waals surface area (Å²) in [5, 5.41) is 7.66. The Bertz CT molecular complexity index is 313. The van der Waals surface area contributed by atoms with E-state index in [2.05, 4.69) is 22.0 Å². The van der Waals surface area contributed by atoms with Gasteiger partial charge in [-0.2, -0.15) is 0 Å². The molecular formula is C9H14ClN3O. The number of rotatable bonds is 2. The summed E-state index contributed by atoms with van der Waals surface area (Å²) in [6, 6.07) is 0.608. The van der Waals surface area contributed by atoms with Crippen LogP contribution in [0.25, 0.3) is 0 Å². The van der Waals surface area contributed by atoms with Crippen LogP contribution in [0.15, 0.2) is 4.42 Å². The van der Waals surface area contributed by atoms with E-state index in [-0.39, 0.29) is 5.38 Å². The fourth-order valence-corrected chi connectivity index (χ4v) is 1.71. The number of hydrogen-bond donors (Lipinski definition) is 0. The highest BCUT2D eigenvalue weighted by molar-refractivity contribution is 6.20. The van der Waals surface area contributed by atoms with E-state index < -0.39 is 0 Å². The monoisotopic (exact) mass is 215 g/mol. The van der Waals surface area contributed by atoms with Gasteiger partial charge in [-0.05, 0) is 19.3 Å². The van der Waals surface area contributed by atoms with Gasteiger partial charge in [0.15, 0.2) is 0 Å². The summed E-state index contributed by atoms with van der Waals surface area (Å²) >= 11 is 5.84. The molecule has 2 rings (SSSR count). The molecule has 14 heavy (non-hydrogen) atoms. The third kappa shape index (κ3) is 1.85. The SMILES string of the molecule is CC1CCN(c2nnc(C(C)Cl)o2)C1. The zero-order valence-electron chi connectivity index (χ0n) is 8.40. The van der Waals surface area contributed by atoms with Crippen LogP contribution in [0.3, 0.4) is 0 Å². The van der Waals surface area contributed by atoms with E-state index >= 15 is 0 Å². The zero-order valence-corrected chi connectivity index (χ0v) is 9.16. The molecule has 0 aliphatic carbocycles. The third-order valence-corrected chi connectivity index (χ3v) is 2.65. The minimum atomic E-state index is -0.212. The maximum atomic E-state index is 5.84. The van der Waals surface area contributed by atoms with Crippen molar-refractivity contribution in [2.75, 3.05) is 18.0 Å². The summed E-state index contributed by atoms with van der Waals surface area (Å²) in [6.07, 6.45) is 1.19. The number of hydrogen-bond acceptors (Lipinski definition) is 4. The third-order valence-electron chi connectivity index (χ3n) is 2.46. The van der Waals surface area contributed by atoms with Crippen molar-refractivity contribution in [1.29, 1.82) is 0 Å². The highest BCUT2D eigenvalue weighted by atomic mass is 35.5. The van der Waals surface area contributed by atoms with E-state index in [9.17, 15) is 0 Å². The van der Waals surface area contributed by atoms with Crippen molar-refractivity contribution in [2.24, 2.45) is 5.92 Å². The molecular weight excluding hydrogens is 202 g/mol. The van der Waals surface area contributed by atoms with Gasteiger partial charge in [-0.3, -0.25) is 0 Å². The Balaban J connectivity index is 2.09. The Morgan fingerprint density at radius 3 is 2.86 bits per heavy atom.